The Hall–Kier alpha value is -1.41. The summed E-state index contributed by atoms with van der Waals surface area (Å²) in [4.78, 5) is 0. The summed E-state index contributed by atoms with van der Waals surface area (Å²) in [5.74, 6) is 0. The van der Waals surface area contributed by atoms with Crippen molar-refractivity contribution in [3.05, 3.63) is 35.9 Å². The predicted molar refractivity (Wildman–Crippen MR) is 77.0 cm³/mol. The van der Waals surface area contributed by atoms with Crippen molar-refractivity contribution in [2.75, 3.05) is 19.8 Å². The third kappa shape index (κ3) is 3.37. The van der Waals surface area contributed by atoms with Gasteiger partial charge in [-0.1, -0.05) is 37.3 Å². The van der Waals surface area contributed by atoms with Crippen molar-refractivity contribution in [2.24, 2.45) is 5.41 Å². The van der Waals surface area contributed by atoms with E-state index >= 15 is 0 Å². The van der Waals surface area contributed by atoms with Crippen molar-refractivity contribution >= 4 is 0 Å². The number of ether oxygens (including phenoxy) is 1. The molecule has 0 spiro atoms. The third-order valence-electron chi connectivity index (χ3n) is 4.21. The first-order chi connectivity index (χ1) is 9.69. The lowest BCUT2D eigenvalue weighted by molar-refractivity contribution is 0.0104. The molecule has 1 aromatic carbocycles. The van der Waals surface area contributed by atoms with E-state index in [9.17, 15) is 10.4 Å². The van der Waals surface area contributed by atoms with E-state index in [1.807, 2.05) is 30.3 Å². The number of nitrogens with one attached hydrogen (secondary N) is 1. The van der Waals surface area contributed by atoms with E-state index in [0.29, 0.717) is 13.2 Å². The molecule has 20 heavy (non-hydrogen) atoms. The molecule has 2 atom stereocenters. The summed E-state index contributed by atoms with van der Waals surface area (Å²) < 4.78 is 5.39. The molecular formula is C16H22N2O2. The highest BCUT2D eigenvalue weighted by Crippen LogP contribution is 2.34. The molecule has 2 N–H and O–H groups in total. The van der Waals surface area contributed by atoms with Crippen LogP contribution in [0, 0.1) is 16.7 Å². The van der Waals surface area contributed by atoms with Gasteiger partial charge >= 0.3 is 0 Å². The highest BCUT2D eigenvalue weighted by atomic mass is 16.5. The van der Waals surface area contributed by atoms with E-state index < -0.39 is 0 Å². The minimum Gasteiger partial charge on any atom is -0.394 e. The van der Waals surface area contributed by atoms with E-state index in [4.69, 9.17) is 4.74 Å². The molecule has 1 unspecified atom stereocenters. The molecule has 0 bridgehead atoms. The summed E-state index contributed by atoms with van der Waals surface area (Å²) in [5.41, 5.74) is 0.903. The molecule has 0 aliphatic carbocycles. The van der Waals surface area contributed by atoms with Crippen molar-refractivity contribution in [1.29, 1.82) is 5.26 Å². The van der Waals surface area contributed by atoms with Crippen LogP contribution in [0.1, 0.15) is 31.4 Å². The van der Waals surface area contributed by atoms with Gasteiger partial charge in [-0.3, -0.25) is 5.32 Å². The van der Waals surface area contributed by atoms with Crippen molar-refractivity contribution in [2.45, 2.75) is 31.8 Å². The standard InChI is InChI=1S/C16H22N2O2/c1-16(7-9-20-10-8-16)15(11-17)18-14(12-19)13-5-3-2-4-6-13/h2-6,14-15,18-19H,7-10,12H2,1H3/t14-,15?/m1/s1. The zero-order valence-electron chi connectivity index (χ0n) is 11.9. The maximum Gasteiger partial charge on any atom is 0.101 e. The van der Waals surface area contributed by atoms with Gasteiger partial charge in [0, 0.05) is 18.6 Å². The van der Waals surface area contributed by atoms with Crippen molar-refractivity contribution in [3.8, 4) is 6.07 Å². The van der Waals surface area contributed by atoms with E-state index in [-0.39, 0.29) is 24.1 Å². The molecule has 1 aliphatic heterocycles. The van der Waals surface area contributed by atoms with Gasteiger partial charge in [0.1, 0.15) is 6.04 Å². The first-order valence-electron chi connectivity index (χ1n) is 7.09. The van der Waals surface area contributed by atoms with Gasteiger partial charge < -0.3 is 9.84 Å². The normalized spacial score (nSPS) is 20.9. The Morgan fingerprint density at radius 1 is 1.35 bits per heavy atom. The summed E-state index contributed by atoms with van der Waals surface area (Å²) in [6.07, 6.45) is 1.73. The van der Waals surface area contributed by atoms with Gasteiger partial charge in [0.15, 0.2) is 0 Å². The molecule has 0 saturated carbocycles. The van der Waals surface area contributed by atoms with Gasteiger partial charge in [0.25, 0.3) is 0 Å². The lowest BCUT2D eigenvalue weighted by Gasteiger charge is -2.39. The van der Waals surface area contributed by atoms with Crippen LogP contribution in [0.2, 0.25) is 0 Å². The number of hydrogen-bond acceptors (Lipinski definition) is 4. The van der Waals surface area contributed by atoms with Crippen LogP contribution in [-0.4, -0.2) is 31.0 Å². The molecule has 0 amide bonds. The second-order valence-corrected chi connectivity index (χ2v) is 5.64. The maximum atomic E-state index is 9.61. The van der Waals surface area contributed by atoms with Gasteiger partial charge in [-0.2, -0.15) is 5.26 Å². The fraction of sp³-hybridized carbons (Fsp3) is 0.562. The molecule has 0 aromatic heterocycles. The van der Waals surface area contributed by atoms with Gasteiger partial charge in [0.2, 0.25) is 0 Å². The van der Waals surface area contributed by atoms with E-state index in [2.05, 4.69) is 18.3 Å². The Kier molecular flexibility index (Phi) is 5.13. The topological polar surface area (TPSA) is 65.3 Å². The monoisotopic (exact) mass is 274 g/mol. The third-order valence-corrected chi connectivity index (χ3v) is 4.21. The summed E-state index contributed by atoms with van der Waals surface area (Å²) >= 11 is 0. The molecule has 108 valence electrons. The average molecular weight is 274 g/mol. The molecule has 1 aromatic rings. The van der Waals surface area contributed by atoms with Crippen LogP contribution in [0.3, 0.4) is 0 Å². The predicted octanol–water partition coefficient (Wildman–Crippen LogP) is 2.02. The zero-order valence-corrected chi connectivity index (χ0v) is 11.9. The number of aliphatic hydroxyl groups excluding tert-OH is 1. The van der Waals surface area contributed by atoms with E-state index in [1.165, 1.54) is 0 Å². The average Bonchev–Trinajstić information content (AvgIpc) is 2.50. The summed E-state index contributed by atoms with van der Waals surface area (Å²) in [5, 5.41) is 22.4. The summed E-state index contributed by atoms with van der Waals surface area (Å²) in [6.45, 7) is 3.50. The SMILES string of the molecule is CC1(C(C#N)N[C@H](CO)c2ccccc2)CCOCC1. The van der Waals surface area contributed by atoms with Crippen LogP contribution in [0.4, 0.5) is 0 Å². The molecule has 2 rings (SSSR count). The van der Waals surface area contributed by atoms with Crippen LogP contribution in [0.5, 0.6) is 0 Å². The number of hydrogen-bond donors (Lipinski definition) is 2. The Bertz CT molecular complexity index is 449. The lowest BCUT2D eigenvalue weighted by Crippen LogP contribution is -2.47. The highest BCUT2D eigenvalue weighted by molar-refractivity contribution is 5.20. The second kappa shape index (κ2) is 6.85. The van der Waals surface area contributed by atoms with Crippen LogP contribution in [-0.2, 0) is 4.74 Å². The van der Waals surface area contributed by atoms with Crippen LogP contribution >= 0.6 is 0 Å². The van der Waals surface area contributed by atoms with Crippen LogP contribution in [0.25, 0.3) is 0 Å². The second-order valence-electron chi connectivity index (χ2n) is 5.64. The smallest absolute Gasteiger partial charge is 0.101 e. The Morgan fingerprint density at radius 2 is 2.00 bits per heavy atom. The van der Waals surface area contributed by atoms with Crippen LogP contribution < -0.4 is 5.32 Å². The Balaban J connectivity index is 2.10. The minimum atomic E-state index is -0.288. The fourth-order valence-electron chi connectivity index (χ4n) is 2.66. The first kappa shape index (κ1) is 15.0. The minimum absolute atomic E-state index is 0.0191. The fourth-order valence-corrected chi connectivity index (χ4v) is 2.66. The molecular weight excluding hydrogens is 252 g/mol. The molecule has 4 heteroatoms. The lowest BCUT2D eigenvalue weighted by atomic mass is 9.75. The Morgan fingerprint density at radius 3 is 2.55 bits per heavy atom. The number of nitrogens with zero attached hydrogens (tertiary/aromatic N) is 1. The molecule has 1 heterocycles. The number of rotatable bonds is 5. The highest BCUT2D eigenvalue weighted by Gasteiger charge is 2.37. The van der Waals surface area contributed by atoms with E-state index in [0.717, 1.165) is 18.4 Å². The summed E-state index contributed by atoms with van der Waals surface area (Å²) in [6, 6.07) is 11.6. The van der Waals surface area contributed by atoms with Gasteiger partial charge in [-0.15, -0.1) is 0 Å². The molecule has 1 fully saturated rings. The number of aliphatic hydroxyl groups is 1. The largest absolute Gasteiger partial charge is 0.394 e. The van der Waals surface area contributed by atoms with Gasteiger partial charge in [-0.05, 0) is 18.4 Å². The zero-order chi connectivity index (χ0) is 14.4. The quantitative estimate of drug-likeness (QED) is 0.862. The van der Waals surface area contributed by atoms with Crippen molar-refractivity contribution in [3.63, 3.8) is 0 Å². The molecule has 1 saturated heterocycles. The Labute approximate surface area is 120 Å². The first-order valence-corrected chi connectivity index (χ1v) is 7.09. The molecule has 0 radical (unpaired) electrons. The maximum absolute atomic E-state index is 9.61. The van der Waals surface area contributed by atoms with Crippen molar-refractivity contribution in [1.82, 2.24) is 5.32 Å². The number of benzene rings is 1. The molecule has 1 aliphatic rings. The van der Waals surface area contributed by atoms with Crippen LogP contribution in [0.15, 0.2) is 30.3 Å². The van der Waals surface area contributed by atoms with Crippen molar-refractivity contribution < 1.29 is 9.84 Å². The molecule has 4 nitrogen and oxygen atoms in total. The van der Waals surface area contributed by atoms with E-state index in [1.54, 1.807) is 0 Å². The number of nitriles is 1. The van der Waals surface area contributed by atoms with Gasteiger partial charge in [-0.25, -0.2) is 0 Å². The van der Waals surface area contributed by atoms with Gasteiger partial charge in [0.05, 0.1) is 18.7 Å². The summed E-state index contributed by atoms with van der Waals surface area (Å²) in [7, 11) is 0.